The fourth-order valence-electron chi connectivity index (χ4n) is 1.54. The van der Waals surface area contributed by atoms with Crippen molar-refractivity contribution >= 4 is 27.5 Å². The molecule has 2 heterocycles. The Kier molecular flexibility index (Phi) is 2.62. The molecule has 0 saturated heterocycles. The number of fused-ring (bicyclic) bond motifs is 1. The van der Waals surface area contributed by atoms with E-state index >= 15 is 0 Å². The van der Waals surface area contributed by atoms with Gasteiger partial charge in [0.05, 0.1) is 5.39 Å². The van der Waals surface area contributed by atoms with E-state index in [9.17, 15) is 9.59 Å². The number of pyridine rings is 1. The second kappa shape index (κ2) is 3.94. The molecule has 0 aliphatic rings. The quantitative estimate of drug-likeness (QED) is 0.827. The van der Waals surface area contributed by atoms with Crippen molar-refractivity contribution in [2.24, 2.45) is 0 Å². The van der Waals surface area contributed by atoms with Crippen molar-refractivity contribution in [3.8, 4) is 0 Å². The molecule has 0 bridgehead atoms. The highest BCUT2D eigenvalue weighted by Gasteiger charge is 2.14. The Bertz CT molecular complexity index is 624. The first-order valence-electron chi connectivity index (χ1n) is 4.60. The maximum atomic E-state index is 11.8. The standard InChI is InChI=1S/C11H9NO3S/c1-2-4-12-6-8(11(14)15)9(13)7-3-5-16-10(7)12/h2-3,5-6H,1,4H2,(H,14,15). The zero-order valence-electron chi connectivity index (χ0n) is 8.34. The number of nitrogens with zero attached hydrogens (tertiary/aromatic N) is 1. The molecule has 82 valence electrons. The summed E-state index contributed by atoms with van der Waals surface area (Å²) in [4.78, 5) is 23.5. The number of hydrogen-bond donors (Lipinski definition) is 1. The highest BCUT2D eigenvalue weighted by atomic mass is 32.1. The van der Waals surface area contributed by atoms with E-state index in [0.29, 0.717) is 11.9 Å². The summed E-state index contributed by atoms with van der Waals surface area (Å²) in [6.45, 7) is 4.09. The van der Waals surface area contributed by atoms with Crippen LogP contribution in [0.5, 0.6) is 0 Å². The number of carboxylic acids is 1. The van der Waals surface area contributed by atoms with Gasteiger partial charge in [-0.25, -0.2) is 4.79 Å². The van der Waals surface area contributed by atoms with E-state index in [2.05, 4.69) is 6.58 Å². The molecule has 0 atom stereocenters. The van der Waals surface area contributed by atoms with Crippen LogP contribution in [0.4, 0.5) is 0 Å². The Labute approximate surface area is 95.1 Å². The van der Waals surface area contributed by atoms with Crippen molar-refractivity contribution in [1.82, 2.24) is 4.57 Å². The lowest BCUT2D eigenvalue weighted by Gasteiger charge is -2.06. The summed E-state index contributed by atoms with van der Waals surface area (Å²) in [5, 5.41) is 11.1. The Morgan fingerprint density at radius 2 is 2.38 bits per heavy atom. The lowest BCUT2D eigenvalue weighted by atomic mass is 10.2. The average molecular weight is 235 g/mol. The molecule has 0 radical (unpaired) electrons. The molecule has 0 spiro atoms. The maximum Gasteiger partial charge on any atom is 0.341 e. The molecule has 16 heavy (non-hydrogen) atoms. The third-order valence-corrected chi connectivity index (χ3v) is 3.19. The predicted octanol–water partition coefficient (Wildman–Crippen LogP) is 1.95. The topological polar surface area (TPSA) is 59.3 Å². The predicted molar refractivity (Wildman–Crippen MR) is 63.2 cm³/mol. The minimum Gasteiger partial charge on any atom is -0.477 e. The molecule has 2 aromatic heterocycles. The molecule has 0 fully saturated rings. The van der Waals surface area contributed by atoms with Gasteiger partial charge in [0.1, 0.15) is 10.4 Å². The molecular formula is C11H9NO3S. The fourth-order valence-corrected chi connectivity index (χ4v) is 2.43. The van der Waals surface area contributed by atoms with E-state index in [-0.39, 0.29) is 5.56 Å². The van der Waals surface area contributed by atoms with E-state index in [4.69, 9.17) is 5.11 Å². The van der Waals surface area contributed by atoms with Crippen molar-refractivity contribution < 1.29 is 9.90 Å². The van der Waals surface area contributed by atoms with Crippen LogP contribution in [0, 0.1) is 0 Å². The first-order chi connectivity index (χ1) is 7.65. The van der Waals surface area contributed by atoms with Crippen molar-refractivity contribution in [2.45, 2.75) is 6.54 Å². The molecule has 0 aliphatic carbocycles. The van der Waals surface area contributed by atoms with Gasteiger partial charge in [0.15, 0.2) is 0 Å². The smallest absolute Gasteiger partial charge is 0.341 e. The lowest BCUT2D eigenvalue weighted by molar-refractivity contribution is 0.0695. The summed E-state index contributed by atoms with van der Waals surface area (Å²) in [5.41, 5.74) is -0.628. The minimum absolute atomic E-state index is 0.201. The van der Waals surface area contributed by atoms with Crippen LogP contribution in [0.1, 0.15) is 10.4 Å². The number of rotatable bonds is 3. The summed E-state index contributed by atoms with van der Waals surface area (Å²) < 4.78 is 1.72. The number of carboxylic acid groups (broad SMARTS) is 1. The first-order valence-corrected chi connectivity index (χ1v) is 5.48. The van der Waals surface area contributed by atoms with Crippen LogP contribution in [0.15, 0.2) is 35.1 Å². The number of aromatic carboxylic acids is 1. The van der Waals surface area contributed by atoms with E-state index in [1.165, 1.54) is 17.5 Å². The van der Waals surface area contributed by atoms with Gasteiger partial charge in [0.25, 0.3) is 0 Å². The van der Waals surface area contributed by atoms with Gasteiger partial charge in [-0.1, -0.05) is 6.08 Å². The molecule has 2 rings (SSSR count). The molecule has 0 aromatic carbocycles. The fraction of sp³-hybridized carbons (Fsp3) is 0.0909. The monoisotopic (exact) mass is 235 g/mol. The van der Waals surface area contributed by atoms with E-state index < -0.39 is 11.4 Å². The Balaban J connectivity index is 2.84. The van der Waals surface area contributed by atoms with Gasteiger partial charge in [-0.05, 0) is 11.4 Å². The van der Waals surface area contributed by atoms with Crippen LogP contribution < -0.4 is 5.43 Å². The van der Waals surface area contributed by atoms with Crippen LogP contribution in [-0.2, 0) is 6.54 Å². The molecule has 0 aliphatic heterocycles. The Morgan fingerprint density at radius 3 is 3.00 bits per heavy atom. The van der Waals surface area contributed by atoms with Gasteiger partial charge in [0.2, 0.25) is 5.43 Å². The summed E-state index contributed by atoms with van der Waals surface area (Å²) in [6, 6.07) is 1.65. The number of allylic oxidation sites excluding steroid dienone is 1. The third-order valence-electron chi connectivity index (χ3n) is 2.24. The van der Waals surface area contributed by atoms with E-state index in [1.54, 1.807) is 22.1 Å². The number of carbonyl (C=O) groups is 1. The number of thiophene rings is 1. The van der Waals surface area contributed by atoms with Gasteiger partial charge in [-0.3, -0.25) is 4.79 Å². The van der Waals surface area contributed by atoms with Crippen LogP contribution in [0.3, 0.4) is 0 Å². The second-order valence-corrected chi connectivity index (χ2v) is 4.15. The molecule has 0 unspecified atom stereocenters. The molecule has 0 saturated carbocycles. The van der Waals surface area contributed by atoms with Gasteiger partial charge >= 0.3 is 5.97 Å². The normalized spacial score (nSPS) is 10.5. The summed E-state index contributed by atoms with van der Waals surface area (Å²) >= 11 is 1.41. The highest BCUT2D eigenvalue weighted by molar-refractivity contribution is 7.16. The lowest BCUT2D eigenvalue weighted by Crippen LogP contribution is -2.17. The zero-order valence-corrected chi connectivity index (χ0v) is 9.16. The largest absolute Gasteiger partial charge is 0.477 e. The van der Waals surface area contributed by atoms with Gasteiger partial charge in [-0.2, -0.15) is 0 Å². The molecule has 1 N–H and O–H groups in total. The Hall–Kier alpha value is -1.88. The van der Waals surface area contributed by atoms with E-state index in [0.717, 1.165) is 4.83 Å². The highest BCUT2D eigenvalue weighted by Crippen LogP contribution is 2.18. The summed E-state index contributed by atoms with van der Waals surface area (Å²) in [5.74, 6) is -1.20. The summed E-state index contributed by atoms with van der Waals surface area (Å²) in [7, 11) is 0. The number of aromatic nitrogens is 1. The van der Waals surface area contributed by atoms with Crippen LogP contribution >= 0.6 is 11.3 Å². The zero-order chi connectivity index (χ0) is 11.7. The van der Waals surface area contributed by atoms with Crippen molar-refractivity contribution in [2.75, 3.05) is 0 Å². The third kappa shape index (κ3) is 1.55. The Morgan fingerprint density at radius 1 is 1.62 bits per heavy atom. The molecule has 0 amide bonds. The minimum atomic E-state index is -1.20. The first kappa shape index (κ1) is 10.6. The van der Waals surface area contributed by atoms with Crippen molar-refractivity contribution in [1.29, 1.82) is 0 Å². The summed E-state index contributed by atoms with van der Waals surface area (Å²) in [6.07, 6.45) is 3.03. The second-order valence-electron chi connectivity index (χ2n) is 3.26. The molecule has 2 aromatic rings. The van der Waals surface area contributed by atoms with Crippen LogP contribution in [-0.4, -0.2) is 15.6 Å². The molecule has 4 nitrogen and oxygen atoms in total. The average Bonchev–Trinajstić information content (AvgIpc) is 2.71. The molecule has 5 heteroatoms. The number of hydrogen-bond acceptors (Lipinski definition) is 3. The van der Waals surface area contributed by atoms with Gasteiger partial charge in [0, 0.05) is 12.7 Å². The van der Waals surface area contributed by atoms with Crippen LogP contribution in [0.2, 0.25) is 0 Å². The van der Waals surface area contributed by atoms with Gasteiger partial charge in [-0.15, -0.1) is 17.9 Å². The molecular weight excluding hydrogens is 226 g/mol. The SMILES string of the molecule is C=CCn1cc(C(=O)O)c(=O)c2ccsc21. The van der Waals surface area contributed by atoms with E-state index in [1.807, 2.05) is 0 Å². The van der Waals surface area contributed by atoms with Gasteiger partial charge < -0.3 is 9.67 Å². The van der Waals surface area contributed by atoms with Crippen molar-refractivity contribution in [3.05, 3.63) is 46.1 Å². The van der Waals surface area contributed by atoms with Crippen molar-refractivity contribution in [3.63, 3.8) is 0 Å². The van der Waals surface area contributed by atoms with Crippen LogP contribution in [0.25, 0.3) is 10.2 Å². The maximum absolute atomic E-state index is 11.8.